The average Bonchev–Trinajstić information content (AvgIpc) is 3.52. The lowest BCUT2D eigenvalue weighted by atomic mass is 9.83. The van der Waals surface area contributed by atoms with Crippen molar-refractivity contribution in [1.29, 1.82) is 0 Å². The van der Waals surface area contributed by atoms with Crippen LogP contribution in [0.3, 0.4) is 0 Å². The molecule has 1 amide bonds. The van der Waals surface area contributed by atoms with E-state index in [1.54, 1.807) is 18.1 Å². The Hall–Kier alpha value is -4.17. The molecule has 8 heteroatoms. The highest BCUT2D eigenvalue weighted by Gasteiger charge is 2.44. The van der Waals surface area contributed by atoms with Gasteiger partial charge >= 0.3 is 5.97 Å². The van der Waals surface area contributed by atoms with E-state index in [9.17, 15) is 14.7 Å². The van der Waals surface area contributed by atoms with E-state index in [4.69, 9.17) is 14.5 Å². The Labute approximate surface area is 272 Å². The first-order chi connectivity index (χ1) is 22.4. The summed E-state index contributed by atoms with van der Waals surface area (Å²) in [4.78, 5) is 33.3. The first-order valence-corrected chi connectivity index (χ1v) is 16.7. The molecule has 1 aromatic heterocycles. The number of allylic oxidation sites excluding steroid dienone is 1. The maximum Gasteiger partial charge on any atom is 0.326 e. The molecule has 3 aromatic rings. The third-order valence-electron chi connectivity index (χ3n) is 9.37. The lowest BCUT2D eigenvalue weighted by molar-refractivity contribution is -0.149. The predicted octanol–water partition coefficient (Wildman–Crippen LogP) is 7.27. The second kappa shape index (κ2) is 15.9. The average molecular weight is 626 g/mol. The molecular formula is C38H47N3O5. The van der Waals surface area contributed by atoms with E-state index >= 15 is 0 Å². The minimum absolute atomic E-state index is 0.125. The molecule has 244 valence electrons. The molecule has 8 nitrogen and oxygen atoms in total. The molecule has 2 N–H and O–H groups in total. The second-order valence-corrected chi connectivity index (χ2v) is 12.5. The summed E-state index contributed by atoms with van der Waals surface area (Å²) in [6, 6.07) is 14.2. The van der Waals surface area contributed by atoms with Crippen LogP contribution >= 0.6 is 0 Å². The summed E-state index contributed by atoms with van der Waals surface area (Å²) in [7, 11) is 1.61. The number of hydrogen-bond donors (Lipinski definition) is 2. The Kier molecular flexibility index (Phi) is 11.5. The molecule has 0 radical (unpaired) electrons. The second-order valence-electron chi connectivity index (χ2n) is 12.5. The largest absolute Gasteiger partial charge is 0.496 e. The van der Waals surface area contributed by atoms with E-state index in [2.05, 4.69) is 18.5 Å². The summed E-state index contributed by atoms with van der Waals surface area (Å²) < 4.78 is 12.2. The quantitative estimate of drug-likeness (QED) is 0.135. The van der Waals surface area contributed by atoms with Crippen LogP contribution in [0.5, 0.6) is 11.5 Å². The van der Waals surface area contributed by atoms with Crippen LogP contribution in [0.2, 0.25) is 0 Å². The summed E-state index contributed by atoms with van der Waals surface area (Å²) in [6.45, 7) is 8.67. The van der Waals surface area contributed by atoms with Gasteiger partial charge in [0, 0.05) is 35.1 Å². The van der Waals surface area contributed by atoms with Crippen molar-refractivity contribution < 1.29 is 24.2 Å². The van der Waals surface area contributed by atoms with Gasteiger partial charge in [0.25, 0.3) is 0 Å². The number of nitrogens with one attached hydrogen (secondary N) is 1. The Morgan fingerprint density at radius 3 is 2.54 bits per heavy atom. The number of fused-ring (bicyclic) bond motifs is 1. The number of unbranched alkanes of at least 4 members (excludes halogenated alkanes) is 3. The number of pyridine rings is 1. The van der Waals surface area contributed by atoms with Crippen molar-refractivity contribution in [3.8, 4) is 22.8 Å². The van der Waals surface area contributed by atoms with E-state index in [0.29, 0.717) is 17.0 Å². The number of carbonyl (C=O) groups excluding carboxylic acids is 1. The highest BCUT2D eigenvalue weighted by atomic mass is 16.5. The predicted molar refractivity (Wildman–Crippen MR) is 183 cm³/mol. The number of hydrogen-bond acceptors (Lipinski definition) is 6. The minimum atomic E-state index is -1.01. The van der Waals surface area contributed by atoms with Crippen LogP contribution in [0, 0.1) is 5.92 Å². The van der Waals surface area contributed by atoms with Gasteiger partial charge in [0.15, 0.2) is 0 Å². The number of aromatic nitrogens is 1. The number of amides is 1. The number of methoxy groups -OCH3 is 1. The molecule has 0 unspecified atom stereocenters. The van der Waals surface area contributed by atoms with E-state index in [0.717, 1.165) is 80.1 Å². The van der Waals surface area contributed by atoms with Crippen molar-refractivity contribution in [1.82, 2.24) is 15.2 Å². The van der Waals surface area contributed by atoms with Crippen molar-refractivity contribution >= 4 is 28.9 Å². The molecule has 0 bridgehead atoms. The normalized spacial score (nSPS) is 19.1. The van der Waals surface area contributed by atoms with Gasteiger partial charge in [-0.2, -0.15) is 0 Å². The van der Waals surface area contributed by atoms with Gasteiger partial charge in [-0.3, -0.25) is 4.79 Å². The van der Waals surface area contributed by atoms with E-state index in [1.807, 2.05) is 54.6 Å². The van der Waals surface area contributed by atoms with Crippen LogP contribution in [-0.4, -0.2) is 65.3 Å². The zero-order chi connectivity index (χ0) is 32.5. The zero-order valence-electron chi connectivity index (χ0n) is 27.0. The van der Waals surface area contributed by atoms with E-state index in [-0.39, 0.29) is 24.8 Å². The number of likely N-dealkylation sites (tertiary alicyclic amines) is 1. The fraction of sp³-hybridized carbons (Fsp3) is 0.447. The first kappa shape index (κ1) is 33.2. The van der Waals surface area contributed by atoms with Crippen LogP contribution in [-0.2, 0) is 9.59 Å². The highest BCUT2D eigenvalue weighted by molar-refractivity contribution is 5.92. The van der Waals surface area contributed by atoms with Crippen LogP contribution in [0.4, 0.5) is 0 Å². The number of carbonyl (C=O) groups is 2. The van der Waals surface area contributed by atoms with Crippen LogP contribution in [0.1, 0.15) is 69.8 Å². The van der Waals surface area contributed by atoms with Gasteiger partial charge in [-0.25, -0.2) is 9.78 Å². The van der Waals surface area contributed by atoms with E-state index in [1.165, 1.54) is 6.42 Å². The summed E-state index contributed by atoms with van der Waals surface area (Å²) in [5.41, 5.74) is 3.14. The van der Waals surface area contributed by atoms with Crippen molar-refractivity contribution in [2.24, 2.45) is 5.92 Å². The monoisotopic (exact) mass is 625 g/mol. The van der Waals surface area contributed by atoms with Gasteiger partial charge in [-0.15, -0.1) is 6.58 Å². The molecule has 3 atom stereocenters. The van der Waals surface area contributed by atoms with Crippen molar-refractivity contribution in [3.63, 3.8) is 0 Å². The lowest BCUT2D eigenvalue weighted by Gasteiger charge is -2.34. The molecule has 2 aromatic carbocycles. The number of benzene rings is 2. The minimum Gasteiger partial charge on any atom is -0.496 e. The number of carboxylic acids is 1. The van der Waals surface area contributed by atoms with Gasteiger partial charge in [-0.05, 0) is 50.6 Å². The molecule has 1 aliphatic carbocycles. The van der Waals surface area contributed by atoms with Gasteiger partial charge < -0.3 is 24.8 Å². The highest BCUT2D eigenvalue weighted by Crippen LogP contribution is 2.37. The first-order valence-electron chi connectivity index (χ1n) is 16.7. The molecule has 2 heterocycles. The number of rotatable bonds is 15. The molecule has 5 rings (SSSR count). The summed E-state index contributed by atoms with van der Waals surface area (Å²) in [6.07, 6.45) is 12.8. The van der Waals surface area contributed by atoms with Crippen molar-refractivity contribution in [2.45, 2.75) is 82.4 Å². The lowest BCUT2D eigenvalue weighted by Crippen LogP contribution is -2.54. The number of ether oxygens (including phenoxy) is 2. The molecular weight excluding hydrogens is 578 g/mol. The van der Waals surface area contributed by atoms with Gasteiger partial charge in [0.05, 0.1) is 30.9 Å². The van der Waals surface area contributed by atoms with Crippen molar-refractivity contribution in [3.05, 3.63) is 73.3 Å². The number of nitrogens with zero attached hydrogens (tertiary/aromatic N) is 2. The maximum atomic E-state index is 14.2. The third-order valence-corrected chi connectivity index (χ3v) is 9.37. The molecule has 0 spiro atoms. The number of aliphatic carboxylic acids is 1. The number of carboxylic acid groups (broad SMARTS) is 1. The van der Waals surface area contributed by atoms with Crippen LogP contribution < -0.4 is 14.8 Å². The smallest absolute Gasteiger partial charge is 0.326 e. The van der Waals surface area contributed by atoms with Gasteiger partial charge in [-0.1, -0.05) is 74.7 Å². The summed E-state index contributed by atoms with van der Waals surface area (Å²) in [5.74, 6) is 0.305. The molecule has 1 aliphatic heterocycles. The SMILES string of the molecule is C=CCCCCCN[C@H](C(=O)N1C[C@H](Oc2cc(-c3ccccc3)nc3cc(OC)c(C=C)cc23)C[C@H]1C(=O)O)C1CCCCC1. The standard InChI is InChI=1S/C38H47N3O5/c1-4-6-7-8-15-20-39-36(28-18-13-10-14-19-28)37(42)41-25-29(22-33(41)38(43)44)46-35-23-31(27-16-11-9-12-17-27)40-32-24-34(45-3)26(5-2)21-30(32)35/h4-5,9,11-12,16-17,21,23-24,28-29,33,36,39H,1-2,6-8,10,13-15,18-20,22,25H2,3H3,(H,43,44)/t29-,33+,36+/m1/s1. The maximum absolute atomic E-state index is 14.2. The summed E-state index contributed by atoms with van der Waals surface area (Å²) >= 11 is 0. The molecule has 2 fully saturated rings. The Bertz CT molecular complexity index is 1520. The van der Waals surface area contributed by atoms with E-state index < -0.39 is 24.2 Å². The van der Waals surface area contributed by atoms with Gasteiger partial charge in [0.1, 0.15) is 23.6 Å². The topological polar surface area (TPSA) is 101 Å². The molecule has 46 heavy (non-hydrogen) atoms. The molecule has 1 saturated carbocycles. The fourth-order valence-electron chi connectivity index (χ4n) is 6.92. The Morgan fingerprint density at radius 2 is 1.85 bits per heavy atom. The molecule has 1 saturated heterocycles. The molecule has 2 aliphatic rings. The van der Waals surface area contributed by atoms with Gasteiger partial charge in [0.2, 0.25) is 5.91 Å². The Balaban J connectivity index is 1.42. The zero-order valence-corrected chi connectivity index (χ0v) is 27.0. The fourth-order valence-corrected chi connectivity index (χ4v) is 6.92. The Morgan fingerprint density at radius 1 is 1.07 bits per heavy atom. The summed E-state index contributed by atoms with van der Waals surface area (Å²) in [5, 5.41) is 14.6. The van der Waals surface area contributed by atoms with Crippen molar-refractivity contribution in [2.75, 3.05) is 20.2 Å². The third kappa shape index (κ3) is 7.79. The van der Waals surface area contributed by atoms with Crippen LogP contribution in [0.15, 0.2) is 67.8 Å². The van der Waals surface area contributed by atoms with Crippen LogP contribution in [0.25, 0.3) is 28.2 Å².